The number of aliphatic carboxylic acids is 1. The van der Waals surface area contributed by atoms with Crippen molar-refractivity contribution in [1.29, 1.82) is 0 Å². The van der Waals surface area contributed by atoms with E-state index in [0.717, 1.165) is 33.3 Å². The zero-order valence-corrected chi connectivity index (χ0v) is 15.0. The Hall–Kier alpha value is -2.64. The Balaban J connectivity index is 1.79. The van der Waals surface area contributed by atoms with Crippen molar-refractivity contribution in [3.05, 3.63) is 64.8 Å². The van der Waals surface area contributed by atoms with Gasteiger partial charge < -0.3 is 9.67 Å². The number of rotatable bonds is 4. The van der Waals surface area contributed by atoms with Crippen LogP contribution in [0.3, 0.4) is 0 Å². The summed E-state index contributed by atoms with van der Waals surface area (Å²) >= 11 is 0. The van der Waals surface area contributed by atoms with Crippen LogP contribution in [0.2, 0.25) is 0 Å². The lowest BCUT2D eigenvalue weighted by molar-refractivity contribution is -0.137. The van der Waals surface area contributed by atoms with Gasteiger partial charge in [0.15, 0.2) is 0 Å². The fraction of sp³-hybridized carbons (Fsp3) is 0.211. The Morgan fingerprint density at radius 3 is 2.77 bits per heavy atom. The van der Waals surface area contributed by atoms with Crippen LogP contribution in [0, 0.1) is 6.92 Å². The minimum absolute atomic E-state index is 0.0846. The van der Waals surface area contributed by atoms with Crippen molar-refractivity contribution in [2.45, 2.75) is 31.3 Å². The molecule has 0 saturated heterocycles. The number of carboxylic acids is 1. The monoisotopic (exact) mass is 370 g/mol. The van der Waals surface area contributed by atoms with Gasteiger partial charge in [-0.25, -0.2) is 13.1 Å². The lowest BCUT2D eigenvalue weighted by Crippen LogP contribution is -2.13. The molecular weight excluding hydrogens is 352 g/mol. The molecule has 0 aliphatic carbocycles. The third-order valence-corrected chi connectivity index (χ3v) is 6.40. The Kier molecular flexibility index (Phi) is 3.86. The predicted molar refractivity (Wildman–Crippen MR) is 97.6 cm³/mol. The van der Waals surface area contributed by atoms with Crippen molar-refractivity contribution >= 4 is 26.9 Å². The molecule has 0 bridgehead atoms. The van der Waals surface area contributed by atoms with Crippen LogP contribution in [0.25, 0.3) is 10.9 Å². The number of sulfonamides is 1. The van der Waals surface area contributed by atoms with Gasteiger partial charge >= 0.3 is 5.97 Å². The van der Waals surface area contributed by atoms with E-state index in [0.29, 0.717) is 17.9 Å². The summed E-state index contributed by atoms with van der Waals surface area (Å²) < 4.78 is 28.1. The lowest BCUT2D eigenvalue weighted by Gasteiger charge is -2.07. The highest BCUT2D eigenvalue weighted by Crippen LogP contribution is 2.30. The van der Waals surface area contributed by atoms with Crippen molar-refractivity contribution < 1.29 is 18.3 Å². The standard InChI is InChI=1S/C19H18N2O4S/c1-12-16(15-4-2-3-5-17(15)21(12)11-19(22)23)9-13-6-7-18-14(8-13)10-20-26(18,24)25/h2-8,20H,9-11H2,1H3,(H,22,23). The summed E-state index contributed by atoms with van der Waals surface area (Å²) in [5.41, 5.74) is 4.65. The number of fused-ring (bicyclic) bond motifs is 2. The molecule has 0 saturated carbocycles. The number of carbonyl (C=O) groups is 1. The van der Waals surface area contributed by atoms with Crippen LogP contribution < -0.4 is 4.72 Å². The van der Waals surface area contributed by atoms with E-state index in [-0.39, 0.29) is 6.54 Å². The average molecular weight is 370 g/mol. The lowest BCUT2D eigenvalue weighted by atomic mass is 10.0. The second-order valence-corrected chi connectivity index (χ2v) is 8.24. The summed E-state index contributed by atoms with van der Waals surface area (Å²) in [6.07, 6.45) is 0.617. The van der Waals surface area contributed by atoms with Gasteiger partial charge in [0, 0.05) is 23.1 Å². The first-order valence-electron chi connectivity index (χ1n) is 8.27. The number of nitrogens with one attached hydrogen (secondary N) is 1. The van der Waals surface area contributed by atoms with Crippen LogP contribution in [0.15, 0.2) is 47.4 Å². The summed E-state index contributed by atoms with van der Waals surface area (Å²) in [4.78, 5) is 11.6. The summed E-state index contributed by atoms with van der Waals surface area (Å²) in [7, 11) is -3.37. The molecule has 1 aliphatic rings. The van der Waals surface area contributed by atoms with E-state index in [1.54, 1.807) is 6.07 Å². The highest BCUT2D eigenvalue weighted by atomic mass is 32.2. The zero-order valence-electron chi connectivity index (χ0n) is 14.2. The summed E-state index contributed by atoms with van der Waals surface area (Å²) in [6, 6.07) is 13.1. The number of carboxylic acid groups (broad SMARTS) is 1. The van der Waals surface area contributed by atoms with Crippen LogP contribution in [-0.2, 0) is 34.3 Å². The zero-order chi connectivity index (χ0) is 18.5. The van der Waals surface area contributed by atoms with E-state index >= 15 is 0 Å². The molecule has 0 spiro atoms. The number of hydrogen-bond donors (Lipinski definition) is 2. The Labute approximate surface area is 151 Å². The first-order valence-corrected chi connectivity index (χ1v) is 9.75. The molecule has 0 unspecified atom stereocenters. The number of aromatic nitrogens is 1. The maximum absolute atomic E-state index is 11.9. The number of para-hydroxylation sites is 1. The van der Waals surface area contributed by atoms with Crippen LogP contribution in [0.5, 0.6) is 0 Å². The summed E-state index contributed by atoms with van der Waals surface area (Å²) in [5.74, 6) is -0.880. The molecule has 3 aromatic rings. The molecule has 0 radical (unpaired) electrons. The minimum Gasteiger partial charge on any atom is -0.480 e. The maximum Gasteiger partial charge on any atom is 0.323 e. The van der Waals surface area contributed by atoms with Gasteiger partial charge in [0.05, 0.1) is 4.90 Å². The molecule has 2 aromatic carbocycles. The Morgan fingerprint density at radius 1 is 1.23 bits per heavy atom. The molecule has 7 heteroatoms. The van der Waals surface area contributed by atoms with Gasteiger partial charge in [-0.1, -0.05) is 30.3 Å². The molecule has 0 amide bonds. The minimum atomic E-state index is -3.37. The molecule has 26 heavy (non-hydrogen) atoms. The fourth-order valence-electron chi connectivity index (χ4n) is 3.66. The van der Waals surface area contributed by atoms with Gasteiger partial charge in [-0.15, -0.1) is 0 Å². The van der Waals surface area contributed by atoms with E-state index in [1.807, 2.05) is 47.9 Å². The average Bonchev–Trinajstić information content (AvgIpc) is 3.04. The topological polar surface area (TPSA) is 88.4 Å². The second kappa shape index (κ2) is 5.96. The summed E-state index contributed by atoms with van der Waals surface area (Å²) in [6.45, 7) is 2.15. The molecule has 2 N–H and O–H groups in total. The van der Waals surface area contributed by atoms with Gasteiger partial charge in [-0.3, -0.25) is 4.79 Å². The SMILES string of the molecule is Cc1c(Cc2ccc3c(c2)CNS3(=O)=O)c2ccccc2n1CC(=O)O. The van der Waals surface area contributed by atoms with Crippen LogP contribution in [-0.4, -0.2) is 24.1 Å². The predicted octanol–water partition coefficient (Wildman–Crippen LogP) is 2.42. The van der Waals surface area contributed by atoms with E-state index < -0.39 is 16.0 Å². The fourth-order valence-corrected chi connectivity index (χ4v) is 4.89. The van der Waals surface area contributed by atoms with E-state index in [2.05, 4.69) is 4.72 Å². The molecule has 6 nitrogen and oxygen atoms in total. The van der Waals surface area contributed by atoms with Crippen molar-refractivity contribution in [3.8, 4) is 0 Å². The van der Waals surface area contributed by atoms with E-state index in [1.165, 1.54) is 0 Å². The molecule has 4 rings (SSSR count). The first kappa shape index (κ1) is 16.8. The second-order valence-electron chi connectivity index (χ2n) is 6.50. The Bertz CT molecular complexity index is 1150. The quantitative estimate of drug-likeness (QED) is 0.738. The maximum atomic E-state index is 11.9. The van der Waals surface area contributed by atoms with Gasteiger partial charge in [0.2, 0.25) is 10.0 Å². The van der Waals surface area contributed by atoms with Crippen LogP contribution in [0.1, 0.15) is 22.4 Å². The summed E-state index contributed by atoms with van der Waals surface area (Å²) in [5, 5.41) is 10.2. The molecule has 0 fully saturated rings. The third-order valence-electron chi connectivity index (χ3n) is 4.90. The molecule has 1 aliphatic heterocycles. The van der Waals surface area contributed by atoms with Gasteiger partial charge in [0.1, 0.15) is 6.54 Å². The number of hydrogen-bond acceptors (Lipinski definition) is 3. The van der Waals surface area contributed by atoms with Gasteiger partial charge in [0.25, 0.3) is 0 Å². The van der Waals surface area contributed by atoms with Crippen molar-refractivity contribution in [2.75, 3.05) is 0 Å². The highest BCUT2D eigenvalue weighted by Gasteiger charge is 2.25. The van der Waals surface area contributed by atoms with Crippen molar-refractivity contribution in [3.63, 3.8) is 0 Å². The van der Waals surface area contributed by atoms with Gasteiger partial charge in [-0.2, -0.15) is 0 Å². The third kappa shape index (κ3) is 2.69. The van der Waals surface area contributed by atoms with Gasteiger partial charge in [-0.05, 0) is 42.2 Å². The normalized spacial score (nSPS) is 15.3. The van der Waals surface area contributed by atoms with Crippen molar-refractivity contribution in [1.82, 2.24) is 9.29 Å². The Morgan fingerprint density at radius 2 is 2.00 bits per heavy atom. The largest absolute Gasteiger partial charge is 0.480 e. The van der Waals surface area contributed by atoms with Crippen LogP contribution in [0.4, 0.5) is 0 Å². The number of benzene rings is 2. The van der Waals surface area contributed by atoms with Crippen LogP contribution >= 0.6 is 0 Å². The molecule has 1 aromatic heterocycles. The molecule has 2 heterocycles. The smallest absolute Gasteiger partial charge is 0.323 e. The first-order chi connectivity index (χ1) is 12.4. The van der Waals surface area contributed by atoms with Crippen molar-refractivity contribution in [2.24, 2.45) is 0 Å². The molecular formula is C19H18N2O4S. The highest BCUT2D eigenvalue weighted by molar-refractivity contribution is 7.89. The van der Waals surface area contributed by atoms with E-state index in [9.17, 15) is 18.3 Å². The molecule has 134 valence electrons. The number of nitrogens with zero attached hydrogens (tertiary/aromatic N) is 1. The van der Waals surface area contributed by atoms with E-state index in [4.69, 9.17) is 0 Å². The molecule has 0 atom stereocenters.